The third-order valence-electron chi connectivity index (χ3n) is 4.42. The molecule has 0 aromatic heterocycles. The molecule has 4 heteroatoms. The van der Waals surface area contributed by atoms with Gasteiger partial charge in [0.2, 0.25) is 0 Å². The fraction of sp³-hybridized carbons (Fsp3) is 1.00. The molecule has 2 N–H and O–H groups in total. The number of piperazine rings is 1. The second kappa shape index (κ2) is 6.14. The molecular weight excluding hydrogens is 214 g/mol. The summed E-state index contributed by atoms with van der Waals surface area (Å²) in [6.07, 6.45) is 1.18. The lowest BCUT2D eigenvalue weighted by molar-refractivity contribution is 0.0383. The Morgan fingerprint density at radius 1 is 1.41 bits per heavy atom. The Balaban J connectivity index is 1.92. The minimum atomic E-state index is 0.527. The average molecular weight is 241 g/mol. The standard InChI is InChI=1S/C13H27N3O/c1-3-15-5-6-16(9-11(15)2)13(8-14)12-4-7-17-10-12/h11-13H,3-10,14H2,1-2H3. The molecule has 2 saturated heterocycles. The number of nitrogens with two attached hydrogens (primary N) is 1. The maximum atomic E-state index is 5.99. The molecule has 2 aliphatic rings. The molecule has 2 rings (SSSR count). The smallest absolute Gasteiger partial charge is 0.0510 e. The highest BCUT2D eigenvalue weighted by Gasteiger charge is 2.33. The topological polar surface area (TPSA) is 41.7 Å². The van der Waals surface area contributed by atoms with Gasteiger partial charge in [-0.2, -0.15) is 0 Å². The molecule has 2 fully saturated rings. The Morgan fingerprint density at radius 3 is 2.76 bits per heavy atom. The van der Waals surface area contributed by atoms with Gasteiger partial charge in [0.15, 0.2) is 0 Å². The molecule has 2 heterocycles. The van der Waals surface area contributed by atoms with Crippen molar-refractivity contribution in [2.75, 3.05) is 45.9 Å². The summed E-state index contributed by atoms with van der Waals surface area (Å²) in [6.45, 7) is 11.8. The first-order valence-electron chi connectivity index (χ1n) is 7.02. The molecule has 0 spiro atoms. The van der Waals surface area contributed by atoms with Crippen molar-refractivity contribution in [1.29, 1.82) is 0 Å². The van der Waals surface area contributed by atoms with E-state index in [4.69, 9.17) is 10.5 Å². The van der Waals surface area contributed by atoms with Gasteiger partial charge in [0.25, 0.3) is 0 Å². The van der Waals surface area contributed by atoms with Crippen molar-refractivity contribution in [1.82, 2.24) is 9.80 Å². The molecule has 0 amide bonds. The Morgan fingerprint density at radius 2 is 2.24 bits per heavy atom. The van der Waals surface area contributed by atoms with E-state index in [1.54, 1.807) is 0 Å². The van der Waals surface area contributed by atoms with Crippen LogP contribution in [-0.2, 0) is 4.74 Å². The van der Waals surface area contributed by atoms with E-state index >= 15 is 0 Å². The Kier molecular flexibility index (Phi) is 4.79. The van der Waals surface area contributed by atoms with Crippen molar-refractivity contribution in [2.24, 2.45) is 11.7 Å². The maximum Gasteiger partial charge on any atom is 0.0510 e. The summed E-state index contributed by atoms with van der Waals surface area (Å²) in [5.41, 5.74) is 5.99. The highest BCUT2D eigenvalue weighted by Crippen LogP contribution is 2.23. The third kappa shape index (κ3) is 2.99. The van der Waals surface area contributed by atoms with E-state index in [-0.39, 0.29) is 0 Å². The van der Waals surface area contributed by atoms with Crippen LogP contribution in [0.1, 0.15) is 20.3 Å². The van der Waals surface area contributed by atoms with Crippen LogP contribution in [0.15, 0.2) is 0 Å². The van der Waals surface area contributed by atoms with Crippen molar-refractivity contribution in [3.8, 4) is 0 Å². The molecule has 0 bridgehead atoms. The quantitative estimate of drug-likeness (QED) is 0.772. The van der Waals surface area contributed by atoms with E-state index in [9.17, 15) is 0 Å². The summed E-state index contributed by atoms with van der Waals surface area (Å²) in [5.74, 6) is 0.653. The monoisotopic (exact) mass is 241 g/mol. The molecule has 4 nitrogen and oxygen atoms in total. The normalized spacial score (nSPS) is 34.1. The summed E-state index contributed by atoms with van der Waals surface area (Å²) in [6, 6.07) is 1.18. The van der Waals surface area contributed by atoms with Gasteiger partial charge in [-0.3, -0.25) is 9.80 Å². The Labute approximate surface area is 105 Å². The molecule has 3 atom stereocenters. The predicted octanol–water partition coefficient (Wildman–Crippen LogP) is 0.376. The molecule has 100 valence electrons. The van der Waals surface area contributed by atoms with E-state index in [2.05, 4.69) is 23.6 Å². The van der Waals surface area contributed by atoms with Crippen LogP contribution >= 0.6 is 0 Å². The lowest BCUT2D eigenvalue weighted by Crippen LogP contribution is -2.58. The minimum Gasteiger partial charge on any atom is -0.381 e. The Hall–Kier alpha value is -0.160. The zero-order chi connectivity index (χ0) is 12.3. The number of hydrogen-bond acceptors (Lipinski definition) is 4. The second-order valence-corrected chi connectivity index (χ2v) is 5.40. The van der Waals surface area contributed by atoms with Crippen LogP contribution in [0.3, 0.4) is 0 Å². The highest BCUT2D eigenvalue weighted by molar-refractivity contribution is 4.88. The number of likely N-dealkylation sites (N-methyl/N-ethyl adjacent to an activating group) is 1. The second-order valence-electron chi connectivity index (χ2n) is 5.40. The van der Waals surface area contributed by atoms with Gasteiger partial charge in [-0.05, 0) is 19.9 Å². The lowest BCUT2D eigenvalue weighted by atomic mass is 9.96. The van der Waals surface area contributed by atoms with Crippen LogP contribution in [0.4, 0.5) is 0 Å². The van der Waals surface area contributed by atoms with Crippen molar-refractivity contribution < 1.29 is 4.74 Å². The minimum absolute atomic E-state index is 0.527. The van der Waals surface area contributed by atoms with Crippen LogP contribution in [0.25, 0.3) is 0 Å². The first-order chi connectivity index (χ1) is 8.26. The van der Waals surface area contributed by atoms with Crippen LogP contribution < -0.4 is 5.73 Å². The van der Waals surface area contributed by atoms with Gasteiger partial charge in [0.1, 0.15) is 0 Å². The van der Waals surface area contributed by atoms with Gasteiger partial charge in [0.05, 0.1) is 6.61 Å². The van der Waals surface area contributed by atoms with Gasteiger partial charge in [-0.15, -0.1) is 0 Å². The van der Waals surface area contributed by atoms with Gasteiger partial charge in [0, 0.05) is 50.8 Å². The van der Waals surface area contributed by atoms with Crippen LogP contribution in [-0.4, -0.2) is 67.8 Å². The zero-order valence-electron chi connectivity index (χ0n) is 11.3. The Bertz CT molecular complexity index is 231. The zero-order valence-corrected chi connectivity index (χ0v) is 11.3. The van der Waals surface area contributed by atoms with Crippen LogP contribution in [0.2, 0.25) is 0 Å². The largest absolute Gasteiger partial charge is 0.381 e. The fourth-order valence-corrected chi connectivity index (χ4v) is 3.29. The lowest BCUT2D eigenvalue weighted by Gasteiger charge is -2.44. The highest BCUT2D eigenvalue weighted by atomic mass is 16.5. The molecule has 0 aliphatic carbocycles. The van der Waals surface area contributed by atoms with Crippen molar-refractivity contribution in [2.45, 2.75) is 32.4 Å². The van der Waals surface area contributed by atoms with Crippen LogP contribution in [0, 0.1) is 5.92 Å². The van der Waals surface area contributed by atoms with E-state index in [1.165, 1.54) is 13.0 Å². The van der Waals surface area contributed by atoms with E-state index in [0.717, 1.165) is 39.4 Å². The molecule has 0 saturated carbocycles. The number of rotatable bonds is 4. The third-order valence-corrected chi connectivity index (χ3v) is 4.42. The number of ether oxygens (including phenoxy) is 1. The first kappa shape index (κ1) is 13.3. The van der Waals surface area contributed by atoms with Crippen LogP contribution in [0.5, 0.6) is 0 Å². The molecule has 0 aromatic rings. The molecule has 3 unspecified atom stereocenters. The van der Waals surface area contributed by atoms with E-state index in [1.807, 2.05) is 0 Å². The molecule has 0 aromatic carbocycles. The van der Waals surface area contributed by atoms with Crippen molar-refractivity contribution >= 4 is 0 Å². The van der Waals surface area contributed by atoms with E-state index in [0.29, 0.717) is 18.0 Å². The van der Waals surface area contributed by atoms with Gasteiger partial charge in [-0.25, -0.2) is 0 Å². The summed E-state index contributed by atoms with van der Waals surface area (Å²) in [5, 5.41) is 0. The SMILES string of the molecule is CCN1CCN(C(CN)C2CCOC2)CC1C. The molecule has 2 aliphatic heterocycles. The maximum absolute atomic E-state index is 5.99. The van der Waals surface area contributed by atoms with Gasteiger partial charge in [-0.1, -0.05) is 6.92 Å². The summed E-state index contributed by atoms with van der Waals surface area (Å²) < 4.78 is 5.51. The summed E-state index contributed by atoms with van der Waals surface area (Å²) in [7, 11) is 0. The first-order valence-corrected chi connectivity index (χ1v) is 7.02. The fourth-order valence-electron chi connectivity index (χ4n) is 3.29. The van der Waals surface area contributed by atoms with E-state index < -0.39 is 0 Å². The van der Waals surface area contributed by atoms with Crippen molar-refractivity contribution in [3.63, 3.8) is 0 Å². The molecular formula is C13H27N3O. The summed E-state index contributed by atoms with van der Waals surface area (Å²) >= 11 is 0. The molecule has 0 radical (unpaired) electrons. The van der Waals surface area contributed by atoms with Crippen molar-refractivity contribution in [3.05, 3.63) is 0 Å². The summed E-state index contributed by atoms with van der Waals surface area (Å²) in [4.78, 5) is 5.14. The van der Waals surface area contributed by atoms with Gasteiger partial charge >= 0.3 is 0 Å². The average Bonchev–Trinajstić information content (AvgIpc) is 2.84. The van der Waals surface area contributed by atoms with Gasteiger partial charge < -0.3 is 10.5 Å². The number of nitrogens with zero attached hydrogens (tertiary/aromatic N) is 2. The predicted molar refractivity (Wildman–Crippen MR) is 70.1 cm³/mol. The number of hydrogen-bond donors (Lipinski definition) is 1. The molecule has 17 heavy (non-hydrogen) atoms.